The molecule has 2 saturated heterocycles. The van der Waals surface area contributed by atoms with Crippen molar-refractivity contribution >= 4 is 22.9 Å². The minimum Gasteiger partial charge on any atom is -0.465 e. The van der Waals surface area contributed by atoms with Gasteiger partial charge in [0.1, 0.15) is 5.52 Å². The highest BCUT2D eigenvalue weighted by molar-refractivity contribution is 5.97. The summed E-state index contributed by atoms with van der Waals surface area (Å²) in [6.45, 7) is 1.43. The molecule has 0 saturated carbocycles. The van der Waals surface area contributed by atoms with E-state index in [4.69, 9.17) is 4.74 Å². The predicted molar refractivity (Wildman–Crippen MR) is 72.4 cm³/mol. The Morgan fingerprint density at radius 3 is 3.05 bits per heavy atom. The number of esters is 1. The van der Waals surface area contributed by atoms with Crippen LogP contribution in [0.15, 0.2) is 18.5 Å². The molecule has 0 aliphatic carbocycles. The van der Waals surface area contributed by atoms with E-state index in [0.717, 1.165) is 11.0 Å². The van der Waals surface area contributed by atoms with Gasteiger partial charge < -0.3 is 9.64 Å². The molecule has 2 aliphatic heterocycles. The van der Waals surface area contributed by atoms with Crippen molar-refractivity contribution in [2.24, 2.45) is 18.9 Å². The van der Waals surface area contributed by atoms with Crippen molar-refractivity contribution in [3.63, 3.8) is 0 Å². The van der Waals surface area contributed by atoms with Crippen LogP contribution in [0.4, 0.5) is 0 Å². The van der Waals surface area contributed by atoms with E-state index in [1.54, 1.807) is 28.0 Å². The zero-order valence-electron chi connectivity index (χ0n) is 11.5. The van der Waals surface area contributed by atoms with Gasteiger partial charge >= 0.3 is 5.97 Å². The number of pyridine rings is 1. The predicted octanol–water partition coefficient (Wildman–Crippen LogP) is 0.213. The molecule has 7 heteroatoms. The van der Waals surface area contributed by atoms with Gasteiger partial charge in [-0.25, -0.2) is 0 Å². The van der Waals surface area contributed by atoms with E-state index in [-0.39, 0.29) is 23.7 Å². The largest absolute Gasteiger partial charge is 0.465 e. The Morgan fingerprint density at radius 2 is 2.24 bits per heavy atom. The maximum absolute atomic E-state index is 12.6. The third-order valence-electron chi connectivity index (χ3n) is 4.32. The summed E-state index contributed by atoms with van der Waals surface area (Å²) in [6.07, 6.45) is 3.23. The van der Waals surface area contributed by atoms with Crippen molar-refractivity contribution in [1.82, 2.24) is 19.7 Å². The van der Waals surface area contributed by atoms with Crippen molar-refractivity contribution in [3.05, 3.63) is 24.0 Å². The molecule has 0 bridgehead atoms. The number of aryl methyl sites for hydroxylation is 1. The first-order valence-electron chi connectivity index (χ1n) is 6.87. The summed E-state index contributed by atoms with van der Waals surface area (Å²) in [5.41, 5.74) is 2.11. The maximum Gasteiger partial charge on any atom is 0.311 e. The third kappa shape index (κ3) is 1.80. The number of fused-ring (bicyclic) bond motifs is 2. The SMILES string of the molecule is Cn1ncc2ncc(C(=O)N3C[C@@H]4COC(=O)[C@@H]4C3)cc21. The second-order valence-electron chi connectivity index (χ2n) is 5.60. The number of cyclic esters (lactones) is 1. The zero-order chi connectivity index (χ0) is 14.6. The van der Waals surface area contributed by atoms with Gasteiger partial charge in [0.15, 0.2) is 0 Å². The smallest absolute Gasteiger partial charge is 0.311 e. The molecule has 0 aromatic carbocycles. The Labute approximate surface area is 120 Å². The fourth-order valence-electron chi connectivity index (χ4n) is 3.09. The molecule has 0 radical (unpaired) electrons. The molecule has 4 rings (SSSR count). The van der Waals surface area contributed by atoms with E-state index < -0.39 is 0 Å². The molecule has 4 heterocycles. The van der Waals surface area contributed by atoms with Gasteiger partial charge in [-0.15, -0.1) is 0 Å². The average molecular weight is 286 g/mol. The maximum atomic E-state index is 12.6. The van der Waals surface area contributed by atoms with Crippen LogP contribution in [0, 0.1) is 11.8 Å². The van der Waals surface area contributed by atoms with Crippen molar-refractivity contribution in [2.75, 3.05) is 19.7 Å². The number of likely N-dealkylation sites (tertiary alicyclic amines) is 1. The molecule has 0 spiro atoms. The van der Waals surface area contributed by atoms with E-state index in [2.05, 4.69) is 10.1 Å². The molecule has 108 valence electrons. The number of aromatic nitrogens is 3. The molecule has 0 unspecified atom stereocenters. The second-order valence-corrected chi connectivity index (χ2v) is 5.60. The fraction of sp³-hybridized carbons (Fsp3) is 0.429. The number of rotatable bonds is 1. The molecule has 2 atom stereocenters. The van der Waals surface area contributed by atoms with Crippen LogP contribution in [0.2, 0.25) is 0 Å². The molecule has 0 N–H and O–H groups in total. The summed E-state index contributed by atoms with van der Waals surface area (Å²) in [4.78, 5) is 30.1. The summed E-state index contributed by atoms with van der Waals surface area (Å²) < 4.78 is 6.71. The lowest BCUT2D eigenvalue weighted by Crippen LogP contribution is -2.31. The third-order valence-corrected chi connectivity index (χ3v) is 4.32. The number of carbonyl (C=O) groups excluding carboxylic acids is 2. The Hall–Kier alpha value is -2.44. The van der Waals surface area contributed by atoms with Crippen LogP contribution in [0.5, 0.6) is 0 Å². The Kier molecular flexibility index (Phi) is 2.51. The van der Waals surface area contributed by atoms with Gasteiger partial charge in [-0.2, -0.15) is 5.10 Å². The first-order chi connectivity index (χ1) is 10.1. The number of ether oxygens (including phenoxy) is 1. The van der Waals surface area contributed by atoms with Crippen molar-refractivity contribution in [2.45, 2.75) is 0 Å². The Balaban J connectivity index is 1.62. The number of amides is 1. The second kappa shape index (κ2) is 4.28. The zero-order valence-corrected chi connectivity index (χ0v) is 11.5. The molecule has 1 amide bonds. The minimum absolute atomic E-state index is 0.0900. The van der Waals surface area contributed by atoms with Gasteiger partial charge in [0.25, 0.3) is 5.91 Å². The highest BCUT2D eigenvalue weighted by Gasteiger charge is 2.45. The van der Waals surface area contributed by atoms with Gasteiger partial charge in [-0.3, -0.25) is 19.3 Å². The van der Waals surface area contributed by atoms with Crippen LogP contribution in [-0.4, -0.2) is 51.2 Å². The highest BCUT2D eigenvalue weighted by atomic mass is 16.5. The molecule has 2 fully saturated rings. The van der Waals surface area contributed by atoms with Crippen LogP contribution in [-0.2, 0) is 16.6 Å². The molecular weight excluding hydrogens is 272 g/mol. The van der Waals surface area contributed by atoms with Gasteiger partial charge in [-0.05, 0) is 6.07 Å². The lowest BCUT2D eigenvalue weighted by molar-refractivity contribution is -0.141. The van der Waals surface area contributed by atoms with Crippen LogP contribution in [0.3, 0.4) is 0 Å². The number of hydrogen-bond donors (Lipinski definition) is 0. The molecule has 2 aliphatic rings. The summed E-state index contributed by atoms with van der Waals surface area (Å²) in [5, 5.41) is 4.12. The van der Waals surface area contributed by atoms with E-state index in [0.29, 0.717) is 25.3 Å². The molecule has 2 aromatic heterocycles. The molecule has 7 nitrogen and oxygen atoms in total. The highest BCUT2D eigenvalue weighted by Crippen LogP contribution is 2.31. The van der Waals surface area contributed by atoms with Crippen molar-refractivity contribution in [1.29, 1.82) is 0 Å². The molecular formula is C14H14N4O3. The lowest BCUT2D eigenvalue weighted by Gasteiger charge is -2.17. The normalized spacial score (nSPS) is 24.4. The first-order valence-corrected chi connectivity index (χ1v) is 6.87. The number of hydrogen-bond acceptors (Lipinski definition) is 5. The van der Waals surface area contributed by atoms with Gasteiger partial charge in [0.05, 0.1) is 29.8 Å². The van der Waals surface area contributed by atoms with Crippen LogP contribution in [0.1, 0.15) is 10.4 Å². The summed E-state index contributed by atoms with van der Waals surface area (Å²) in [7, 11) is 1.81. The van der Waals surface area contributed by atoms with Gasteiger partial charge in [0.2, 0.25) is 0 Å². The summed E-state index contributed by atoms with van der Waals surface area (Å²) in [6, 6.07) is 1.80. The number of nitrogens with zero attached hydrogens (tertiary/aromatic N) is 4. The van der Waals surface area contributed by atoms with Crippen LogP contribution in [0.25, 0.3) is 11.0 Å². The van der Waals surface area contributed by atoms with Crippen molar-refractivity contribution < 1.29 is 14.3 Å². The molecule has 2 aromatic rings. The Bertz CT molecular complexity index is 754. The first kappa shape index (κ1) is 12.3. The van der Waals surface area contributed by atoms with Crippen molar-refractivity contribution in [3.8, 4) is 0 Å². The topological polar surface area (TPSA) is 77.3 Å². The monoisotopic (exact) mass is 286 g/mol. The fourth-order valence-corrected chi connectivity index (χ4v) is 3.09. The van der Waals surface area contributed by atoms with Gasteiger partial charge in [-0.1, -0.05) is 0 Å². The van der Waals surface area contributed by atoms with Crippen LogP contribution < -0.4 is 0 Å². The number of carbonyl (C=O) groups is 2. The van der Waals surface area contributed by atoms with E-state index in [1.165, 1.54) is 0 Å². The standard InChI is InChI=1S/C14H14N4O3/c1-17-12-2-8(3-15-11(12)4-16-17)13(19)18-5-9-7-21-14(20)10(9)6-18/h2-4,9-10H,5-7H2,1H3/t9-,10-/m1/s1. The summed E-state index contributed by atoms with van der Waals surface area (Å²) >= 11 is 0. The van der Waals surface area contributed by atoms with Crippen LogP contribution >= 0.6 is 0 Å². The van der Waals surface area contributed by atoms with E-state index in [1.807, 2.05) is 7.05 Å². The Morgan fingerprint density at radius 1 is 1.38 bits per heavy atom. The lowest BCUT2D eigenvalue weighted by atomic mass is 10.0. The molecule has 21 heavy (non-hydrogen) atoms. The summed E-state index contributed by atoms with van der Waals surface area (Å²) in [5.74, 6) is -0.305. The van der Waals surface area contributed by atoms with Gasteiger partial charge in [0, 0.05) is 32.3 Å². The average Bonchev–Trinajstić information content (AvgIpc) is 3.16. The quantitative estimate of drug-likeness (QED) is 0.701. The minimum atomic E-state index is -0.185. The van der Waals surface area contributed by atoms with E-state index >= 15 is 0 Å². The van der Waals surface area contributed by atoms with E-state index in [9.17, 15) is 9.59 Å².